The summed E-state index contributed by atoms with van der Waals surface area (Å²) in [5.74, 6) is -0.224. The summed E-state index contributed by atoms with van der Waals surface area (Å²) in [6, 6.07) is 7.32. The smallest absolute Gasteiger partial charge is 0.284 e. The number of hydrogen-bond acceptors (Lipinski definition) is 7. The summed E-state index contributed by atoms with van der Waals surface area (Å²) in [6.07, 6.45) is 2.88. The van der Waals surface area contributed by atoms with Gasteiger partial charge in [-0.15, -0.1) is 10.2 Å². The molecule has 0 bridgehead atoms. The van der Waals surface area contributed by atoms with Gasteiger partial charge in [-0.2, -0.15) is 0 Å². The number of carbonyl (C=O) groups excluding carboxylic acids is 1. The lowest BCUT2D eigenvalue weighted by Crippen LogP contribution is -2.13. The first-order valence-corrected chi connectivity index (χ1v) is 8.36. The molecule has 2 aromatic heterocycles. The van der Waals surface area contributed by atoms with Crippen LogP contribution in [0.5, 0.6) is 0 Å². The maximum Gasteiger partial charge on any atom is 0.284 e. The van der Waals surface area contributed by atoms with Crippen LogP contribution in [-0.2, 0) is 7.05 Å². The van der Waals surface area contributed by atoms with Gasteiger partial charge in [-0.1, -0.05) is 11.6 Å². The second-order valence-corrected chi connectivity index (χ2v) is 6.53. The fraction of sp³-hybridized carbons (Fsp3) is 0.0667. The van der Waals surface area contributed by atoms with E-state index in [0.717, 1.165) is 11.8 Å². The molecule has 1 N–H and O–H groups in total. The van der Waals surface area contributed by atoms with Gasteiger partial charge in [-0.05, 0) is 36.0 Å². The summed E-state index contributed by atoms with van der Waals surface area (Å²) in [5.41, 5.74) is -0.0644. The van der Waals surface area contributed by atoms with E-state index in [0.29, 0.717) is 20.9 Å². The first kappa shape index (κ1) is 17.8. The number of nitro groups is 1. The maximum absolute atomic E-state index is 12.3. The van der Waals surface area contributed by atoms with Crippen molar-refractivity contribution in [2.75, 3.05) is 5.32 Å². The Balaban J connectivity index is 1.85. The number of nitrogens with one attached hydrogen (secondary N) is 1. The van der Waals surface area contributed by atoms with Crippen LogP contribution in [0.4, 0.5) is 11.5 Å². The van der Waals surface area contributed by atoms with Gasteiger partial charge in [0.1, 0.15) is 12.1 Å². The number of halogens is 1. The van der Waals surface area contributed by atoms with Crippen LogP contribution in [0.3, 0.4) is 0 Å². The van der Waals surface area contributed by atoms with Gasteiger partial charge in [-0.3, -0.25) is 14.9 Å². The summed E-state index contributed by atoms with van der Waals surface area (Å²) in [5, 5.41) is 22.5. The van der Waals surface area contributed by atoms with Crippen LogP contribution < -0.4 is 5.32 Å². The molecule has 0 spiro atoms. The van der Waals surface area contributed by atoms with Crippen molar-refractivity contribution in [1.82, 2.24) is 19.7 Å². The van der Waals surface area contributed by atoms with Gasteiger partial charge in [0.2, 0.25) is 0 Å². The zero-order valence-corrected chi connectivity index (χ0v) is 14.9. The molecule has 0 radical (unpaired) electrons. The van der Waals surface area contributed by atoms with Crippen LogP contribution in [0.1, 0.15) is 10.4 Å². The second kappa shape index (κ2) is 7.50. The molecule has 26 heavy (non-hydrogen) atoms. The molecule has 0 atom stereocenters. The van der Waals surface area contributed by atoms with Gasteiger partial charge < -0.3 is 9.88 Å². The van der Waals surface area contributed by atoms with Crippen molar-refractivity contribution < 1.29 is 9.72 Å². The molecule has 1 aromatic carbocycles. The van der Waals surface area contributed by atoms with Crippen LogP contribution in [0, 0.1) is 10.1 Å². The molecular formula is C15H11ClN6O3S. The van der Waals surface area contributed by atoms with Gasteiger partial charge in [0.25, 0.3) is 11.6 Å². The molecule has 0 aliphatic heterocycles. The minimum absolute atomic E-state index is 0.135. The standard InChI is InChI=1S/C15H11ClN6O3S/c1-21-8-18-20-15(21)26-12-4-2-9(6-11(12)22(24)25)14(23)19-13-5-3-10(16)7-17-13/h2-8H,1H3,(H,17,19,23). The lowest BCUT2D eigenvalue weighted by Gasteiger charge is -2.07. The Morgan fingerprint density at radius 1 is 1.35 bits per heavy atom. The molecule has 2 heterocycles. The van der Waals surface area contributed by atoms with Crippen molar-refractivity contribution in [1.29, 1.82) is 0 Å². The summed E-state index contributed by atoms with van der Waals surface area (Å²) >= 11 is 6.83. The highest BCUT2D eigenvalue weighted by molar-refractivity contribution is 7.99. The predicted octanol–water partition coefficient (Wildman–Crippen LogP) is 3.18. The van der Waals surface area contributed by atoms with E-state index in [1.807, 2.05) is 0 Å². The van der Waals surface area contributed by atoms with Crippen LogP contribution in [0.15, 0.2) is 52.9 Å². The second-order valence-electron chi connectivity index (χ2n) is 5.08. The third-order valence-electron chi connectivity index (χ3n) is 3.26. The minimum Gasteiger partial charge on any atom is -0.311 e. The highest BCUT2D eigenvalue weighted by atomic mass is 35.5. The van der Waals surface area contributed by atoms with E-state index in [4.69, 9.17) is 11.6 Å². The number of carbonyl (C=O) groups is 1. The molecule has 0 aliphatic carbocycles. The van der Waals surface area contributed by atoms with Gasteiger partial charge in [0.15, 0.2) is 5.16 Å². The Bertz CT molecular complexity index is 976. The molecule has 11 heteroatoms. The quantitative estimate of drug-likeness (QED) is 0.525. The molecule has 0 unspecified atom stereocenters. The van der Waals surface area contributed by atoms with Gasteiger partial charge in [0, 0.05) is 24.9 Å². The average Bonchev–Trinajstić information content (AvgIpc) is 3.02. The highest BCUT2D eigenvalue weighted by Gasteiger charge is 2.20. The normalized spacial score (nSPS) is 10.5. The summed E-state index contributed by atoms with van der Waals surface area (Å²) in [4.78, 5) is 27.5. The first-order chi connectivity index (χ1) is 12.4. The number of aromatic nitrogens is 4. The Hall–Kier alpha value is -2.98. The van der Waals surface area contributed by atoms with E-state index in [1.54, 1.807) is 17.7 Å². The number of aryl methyl sites for hydroxylation is 1. The lowest BCUT2D eigenvalue weighted by atomic mass is 10.2. The fourth-order valence-corrected chi connectivity index (χ4v) is 2.95. The third-order valence-corrected chi connectivity index (χ3v) is 4.60. The van der Waals surface area contributed by atoms with Crippen molar-refractivity contribution in [3.8, 4) is 0 Å². The number of rotatable bonds is 5. The third kappa shape index (κ3) is 3.98. The molecule has 0 aliphatic rings. The van der Waals surface area contributed by atoms with E-state index >= 15 is 0 Å². The van der Waals surface area contributed by atoms with Crippen molar-refractivity contribution in [2.24, 2.45) is 7.05 Å². The molecule has 132 valence electrons. The largest absolute Gasteiger partial charge is 0.311 e. The van der Waals surface area contributed by atoms with E-state index in [-0.39, 0.29) is 11.3 Å². The summed E-state index contributed by atoms with van der Waals surface area (Å²) in [7, 11) is 1.73. The molecule has 3 rings (SSSR count). The van der Waals surface area contributed by atoms with Crippen LogP contribution in [0.25, 0.3) is 0 Å². The zero-order valence-electron chi connectivity index (χ0n) is 13.3. The number of pyridine rings is 1. The molecule has 0 saturated heterocycles. The summed E-state index contributed by atoms with van der Waals surface area (Å²) < 4.78 is 1.64. The van der Waals surface area contributed by atoms with E-state index < -0.39 is 10.8 Å². The number of benzene rings is 1. The number of nitro benzene ring substituents is 1. The SMILES string of the molecule is Cn1cnnc1Sc1ccc(C(=O)Nc2ccc(Cl)cn2)cc1[N+](=O)[O-]. The monoisotopic (exact) mass is 390 g/mol. The van der Waals surface area contributed by atoms with Crippen LogP contribution >= 0.6 is 23.4 Å². The molecule has 0 fully saturated rings. The Labute approximate surface area is 156 Å². The fourth-order valence-electron chi connectivity index (χ4n) is 1.99. The molecule has 0 saturated carbocycles. The zero-order chi connectivity index (χ0) is 18.7. The van der Waals surface area contributed by atoms with Crippen molar-refractivity contribution in [2.45, 2.75) is 10.1 Å². The maximum atomic E-state index is 12.3. The van der Waals surface area contributed by atoms with Gasteiger partial charge in [-0.25, -0.2) is 4.98 Å². The van der Waals surface area contributed by atoms with Crippen LogP contribution in [-0.4, -0.2) is 30.6 Å². The summed E-state index contributed by atoms with van der Waals surface area (Å²) in [6.45, 7) is 0. The highest BCUT2D eigenvalue weighted by Crippen LogP contribution is 2.34. The van der Waals surface area contributed by atoms with E-state index in [1.165, 1.54) is 36.8 Å². The van der Waals surface area contributed by atoms with Gasteiger partial charge in [0.05, 0.1) is 14.8 Å². The van der Waals surface area contributed by atoms with E-state index in [9.17, 15) is 14.9 Å². The molecule has 3 aromatic rings. The van der Waals surface area contributed by atoms with E-state index in [2.05, 4.69) is 20.5 Å². The number of hydrogen-bond donors (Lipinski definition) is 1. The molecular weight excluding hydrogens is 380 g/mol. The topological polar surface area (TPSA) is 116 Å². The van der Waals surface area contributed by atoms with Gasteiger partial charge >= 0.3 is 0 Å². The predicted molar refractivity (Wildman–Crippen MR) is 95.4 cm³/mol. The van der Waals surface area contributed by atoms with Crippen molar-refractivity contribution in [3.05, 3.63) is 63.6 Å². The Morgan fingerprint density at radius 2 is 2.15 bits per heavy atom. The van der Waals surface area contributed by atoms with Crippen molar-refractivity contribution >= 4 is 40.8 Å². The number of anilines is 1. The average molecular weight is 391 g/mol. The van der Waals surface area contributed by atoms with Crippen molar-refractivity contribution in [3.63, 3.8) is 0 Å². The van der Waals surface area contributed by atoms with Crippen LogP contribution in [0.2, 0.25) is 5.02 Å². The number of amides is 1. The molecule has 1 amide bonds. The molecule has 9 nitrogen and oxygen atoms in total. The Morgan fingerprint density at radius 3 is 2.77 bits per heavy atom. The minimum atomic E-state index is -0.546. The Kier molecular flexibility index (Phi) is 5.14. The lowest BCUT2D eigenvalue weighted by molar-refractivity contribution is -0.387. The number of nitrogens with zero attached hydrogens (tertiary/aromatic N) is 5. The first-order valence-electron chi connectivity index (χ1n) is 7.17.